The highest BCUT2D eigenvalue weighted by Gasteiger charge is 2.02. The van der Waals surface area contributed by atoms with Gasteiger partial charge in [0.2, 0.25) is 0 Å². The third kappa shape index (κ3) is 1.33. The number of fused-ring (bicyclic) bond motifs is 1. The average Bonchev–Trinajstić information content (AvgIpc) is 2.12. The Balaban J connectivity index is 2.87. The predicted molar refractivity (Wildman–Crippen MR) is 55.9 cm³/mol. The number of nitrogens with zero attached hydrogens (tertiary/aromatic N) is 1. The van der Waals surface area contributed by atoms with Crippen molar-refractivity contribution in [2.24, 2.45) is 0 Å². The van der Waals surface area contributed by atoms with Gasteiger partial charge in [-0.05, 0) is 24.6 Å². The fourth-order valence-electron chi connectivity index (χ4n) is 1.34. The summed E-state index contributed by atoms with van der Waals surface area (Å²) in [5, 5.41) is 1.77. The number of pyridine rings is 1. The molecule has 0 unspecified atom stereocenters. The Labute approximate surface area is 81.3 Å². The van der Waals surface area contributed by atoms with Gasteiger partial charge >= 0.3 is 0 Å². The van der Waals surface area contributed by atoms with Crippen molar-refractivity contribution in [3.05, 3.63) is 35.0 Å². The van der Waals surface area contributed by atoms with Crippen molar-refractivity contribution in [2.45, 2.75) is 6.92 Å². The standard InChI is InChI=1S/C10H9ClN2/c1-6-9(11)3-2-7-4-8(12)5-13-10(6)7/h2-5H,12H2,1H3. The Morgan fingerprint density at radius 3 is 2.92 bits per heavy atom. The summed E-state index contributed by atoms with van der Waals surface area (Å²) in [6.45, 7) is 1.95. The minimum Gasteiger partial charge on any atom is -0.397 e. The van der Waals surface area contributed by atoms with Gasteiger partial charge in [-0.25, -0.2) is 0 Å². The van der Waals surface area contributed by atoms with Crippen LogP contribution in [0.25, 0.3) is 10.9 Å². The van der Waals surface area contributed by atoms with Crippen molar-refractivity contribution in [1.82, 2.24) is 4.98 Å². The number of aromatic nitrogens is 1. The van der Waals surface area contributed by atoms with E-state index in [-0.39, 0.29) is 0 Å². The van der Waals surface area contributed by atoms with Gasteiger partial charge in [0, 0.05) is 10.4 Å². The van der Waals surface area contributed by atoms with E-state index in [1.165, 1.54) is 0 Å². The molecule has 1 aromatic heterocycles. The second-order valence-electron chi connectivity index (χ2n) is 3.01. The summed E-state index contributed by atoms with van der Waals surface area (Å²) in [5.41, 5.74) is 8.21. The Bertz CT molecular complexity index is 466. The van der Waals surface area contributed by atoms with Crippen LogP contribution in [0.15, 0.2) is 24.4 Å². The molecule has 0 spiro atoms. The maximum absolute atomic E-state index is 5.96. The van der Waals surface area contributed by atoms with Crippen LogP contribution in [0.5, 0.6) is 0 Å². The largest absolute Gasteiger partial charge is 0.397 e. The number of anilines is 1. The van der Waals surface area contributed by atoms with Gasteiger partial charge in [-0.15, -0.1) is 0 Å². The third-order valence-corrected chi connectivity index (χ3v) is 2.47. The molecule has 0 aliphatic rings. The van der Waals surface area contributed by atoms with Crippen LogP contribution >= 0.6 is 11.6 Å². The fourth-order valence-corrected chi connectivity index (χ4v) is 1.49. The van der Waals surface area contributed by atoms with E-state index in [0.29, 0.717) is 5.69 Å². The molecule has 2 N–H and O–H groups in total. The number of benzene rings is 1. The monoisotopic (exact) mass is 192 g/mol. The molecule has 2 nitrogen and oxygen atoms in total. The number of nitrogen functional groups attached to an aromatic ring is 1. The number of halogens is 1. The van der Waals surface area contributed by atoms with E-state index in [1.807, 2.05) is 25.1 Å². The minimum atomic E-state index is 0.675. The molecule has 1 heterocycles. The third-order valence-electron chi connectivity index (χ3n) is 2.06. The first-order chi connectivity index (χ1) is 6.18. The van der Waals surface area contributed by atoms with E-state index in [2.05, 4.69) is 4.98 Å². The first-order valence-corrected chi connectivity index (χ1v) is 4.36. The lowest BCUT2D eigenvalue weighted by atomic mass is 10.1. The molecule has 0 fully saturated rings. The van der Waals surface area contributed by atoms with Gasteiger partial charge in [-0.2, -0.15) is 0 Å². The van der Waals surface area contributed by atoms with E-state index in [4.69, 9.17) is 17.3 Å². The Hall–Kier alpha value is -1.28. The van der Waals surface area contributed by atoms with E-state index < -0.39 is 0 Å². The Morgan fingerprint density at radius 2 is 2.15 bits per heavy atom. The van der Waals surface area contributed by atoms with Crippen molar-refractivity contribution in [2.75, 3.05) is 5.73 Å². The van der Waals surface area contributed by atoms with E-state index in [1.54, 1.807) is 6.20 Å². The normalized spacial score (nSPS) is 10.6. The van der Waals surface area contributed by atoms with Crippen LogP contribution in [0.1, 0.15) is 5.56 Å². The lowest BCUT2D eigenvalue weighted by molar-refractivity contribution is 1.37. The van der Waals surface area contributed by atoms with E-state index in [0.717, 1.165) is 21.5 Å². The topological polar surface area (TPSA) is 38.9 Å². The zero-order valence-corrected chi connectivity index (χ0v) is 7.97. The van der Waals surface area contributed by atoms with Crippen LogP contribution in [-0.2, 0) is 0 Å². The summed E-state index contributed by atoms with van der Waals surface area (Å²) < 4.78 is 0. The molecule has 0 radical (unpaired) electrons. The zero-order valence-electron chi connectivity index (χ0n) is 7.21. The van der Waals surface area contributed by atoms with Crippen LogP contribution in [0.4, 0.5) is 5.69 Å². The van der Waals surface area contributed by atoms with Gasteiger partial charge in [-0.3, -0.25) is 4.98 Å². The quantitative estimate of drug-likeness (QED) is 0.697. The van der Waals surface area contributed by atoms with Crippen LogP contribution in [0, 0.1) is 6.92 Å². The van der Waals surface area contributed by atoms with Crippen LogP contribution in [-0.4, -0.2) is 4.98 Å². The Kier molecular flexibility index (Phi) is 1.85. The van der Waals surface area contributed by atoms with Crippen molar-refractivity contribution < 1.29 is 0 Å². The molecular formula is C10H9ClN2. The van der Waals surface area contributed by atoms with Crippen LogP contribution in [0.3, 0.4) is 0 Å². The summed E-state index contributed by atoms with van der Waals surface area (Å²) in [7, 11) is 0. The number of rotatable bonds is 0. The maximum Gasteiger partial charge on any atom is 0.0747 e. The van der Waals surface area contributed by atoms with Crippen LogP contribution in [0.2, 0.25) is 5.02 Å². The summed E-state index contributed by atoms with van der Waals surface area (Å²) >= 11 is 5.96. The number of aryl methyl sites for hydroxylation is 1. The number of nitrogens with two attached hydrogens (primary N) is 1. The molecule has 66 valence electrons. The number of hydrogen-bond acceptors (Lipinski definition) is 2. The summed E-state index contributed by atoms with van der Waals surface area (Å²) in [6, 6.07) is 5.68. The van der Waals surface area contributed by atoms with E-state index in [9.17, 15) is 0 Å². The molecule has 0 bridgehead atoms. The predicted octanol–water partition coefficient (Wildman–Crippen LogP) is 2.78. The molecule has 13 heavy (non-hydrogen) atoms. The second kappa shape index (κ2) is 2.89. The fraction of sp³-hybridized carbons (Fsp3) is 0.100. The molecule has 0 amide bonds. The van der Waals surface area contributed by atoms with Gasteiger partial charge in [-0.1, -0.05) is 17.7 Å². The smallest absolute Gasteiger partial charge is 0.0747 e. The SMILES string of the molecule is Cc1c(Cl)ccc2cc(N)cnc12. The molecule has 0 saturated carbocycles. The minimum absolute atomic E-state index is 0.675. The van der Waals surface area contributed by atoms with Crippen molar-refractivity contribution in [3.8, 4) is 0 Å². The van der Waals surface area contributed by atoms with Gasteiger partial charge < -0.3 is 5.73 Å². The first-order valence-electron chi connectivity index (χ1n) is 3.99. The number of hydrogen-bond donors (Lipinski definition) is 1. The van der Waals surface area contributed by atoms with Crippen molar-refractivity contribution in [3.63, 3.8) is 0 Å². The molecule has 0 atom stereocenters. The van der Waals surface area contributed by atoms with Crippen LogP contribution < -0.4 is 5.73 Å². The zero-order chi connectivity index (χ0) is 9.42. The summed E-state index contributed by atoms with van der Waals surface area (Å²) in [4.78, 5) is 4.23. The lowest BCUT2D eigenvalue weighted by Gasteiger charge is -2.03. The molecule has 2 aromatic rings. The maximum atomic E-state index is 5.96. The lowest BCUT2D eigenvalue weighted by Crippen LogP contribution is -1.89. The van der Waals surface area contributed by atoms with Crippen molar-refractivity contribution >= 4 is 28.2 Å². The molecule has 0 aliphatic carbocycles. The highest BCUT2D eigenvalue weighted by atomic mass is 35.5. The summed E-state index contributed by atoms with van der Waals surface area (Å²) in [6.07, 6.45) is 1.64. The molecule has 0 aliphatic heterocycles. The summed E-state index contributed by atoms with van der Waals surface area (Å²) in [5.74, 6) is 0. The van der Waals surface area contributed by atoms with Gasteiger partial charge in [0.15, 0.2) is 0 Å². The highest BCUT2D eigenvalue weighted by molar-refractivity contribution is 6.32. The van der Waals surface area contributed by atoms with Gasteiger partial charge in [0.05, 0.1) is 17.4 Å². The molecule has 1 aromatic carbocycles. The van der Waals surface area contributed by atoms with E-state index >= 15 is 0 Å². The molecular weight excluding hydrogens is 184 g/mol. The Morgan fingerprint density at radius 1 is 1.38 bits per heavy atom. The van der Waals surface area contributed by atoms with Gasteiger partial charge in [0.25, 0.3) is 0 Å². The first kappa shape index (κ1) is 8.32. The molecule has 3 heteroatoms. The van der Waals surface area contributed by atoms with Crippen molar-refractivity contribution in [1.29, 1.82) is 0 Å². The second-order valence-corrected chi connectivity index (χ2v) is 3.42. The highest BCUT2D eigenvalue weighted by Crippen LogP contribution is 2.24. The van der Waals surface area contributed by atoms with Gasteiger partial charge in [0.1, 0.15) is 0 Å². The average molecular weight is 193 g/mol. The molecule has 0 saturated heterocycles. The molecule has 2 rings (SSSR count).